The van der Waals surface area contributed by atoms with Gasteiger partial charge in [-0.1, -0.05) is 30.3 Å². The summed E-state index contributed by atoms with van der Waals surface area (Å²) in [6.07, 6.45) is -4.02. The molecule has 27 heavy (non-hydrogen) atoms. The lowest BCUT2D eigenvalue weighted by Gasteiger charge is -2.38. The number of rotatable bonds is 5. The van der Waals surface area contributed by atoms with E-state index >= 15 is 0 Å². The summed E-state index contributed by atoms with van der Waals surface area (Å²) in [5.74, 6) is -0.889. The Morgan fingerprint density at radius 1 is 1.22 bits per heavy atom. The fourth-order valence-corrected chi connectivity index (χ4v) is 2.65. The van der Waals surface area contributed by atoms with Crippen molar-refractivity contribution in [2.75, 3.05) is 6.61 Å². The molecule has 0 bridgehead atoms. The molecule has 1 aromatic carbocycles. The Labute approximate surface area is 158 Å². The van der Waals surface area contributed by atoms with Gasteiger partial charge in [-0.25, -0.2) is 19.3 Å². The largest absolute Gasteiger partial charge is 0.443 e. The van der Waals surface area contributed by atoms with Crippen LogP contribution in [-0.2, 0) is 23.7 Å². The van der Waals surface area contributed by atoms with Crippen LogP contribution in [0.3, 0.4) is 0 Å². The first-order valence-corrected chi connectivity index (χ1v) is 8.74. The lowest BCUT2D eigenvalue weighted by Crippen LogP contribution is -2.56. The van der Waals surface area contributed by atoms with E-state index in [4.69, 9.17) is 18.9 Å². The van der Waals surface area contributed by atoms with Crippen molar-refractivity contribution >= 4 is 18.2 Å². The summed E-state index contributed by atoms with van der Waals surface area (Å²) in [6, 6.07) is 7.58. The van der Waals surface area contributed by atoms with Crippen LogP contribution in [0, 0.1) is 0 Å². The number of esters is 1. The number of carbonyl (C=O) groups excluding carboxylic acids is 3. The van der Waals surface area contributed by atoms with Crippen LogP contribution >= 0.6 is 0 Å². The van der Waals surface area contributed by atoms with Gasteiger partial charge in [0.05, 0.1) is 0 Å². The molecule has 0 aromatic heterocycles. The number of benzene rings is 1. The van der Waals surface area contributed by atoms with Crippen LogP contribution in [0.1, 0.15) is 46.2 Å². The first-order valence-electron chi connectivity index (χ1n) is 8.74. The summed E-state index contributed by atoms with van der Waals surface area (Å²) in [7, 11) is 0. The predicted octanol–water partition coefficient (Wildman–Crippen LogP) is 3.41. The maximum atomic E-state index is 12.7. The summed E-state index contributed by atoms with van der Waals surface area (Å²) < 4.78 is 21.1. The average molecular weight is 379 g/mol. The van der Waals surface area contributed by atoms with Crippen LogP contribution in [0.25, 0.3) is 0 Å². The van der Waals surface area contributed by atoms with Gasteiger partial charge >= 0.3 is 18.2 Å². The molecular weight excluding hydrogens is 354 g/mol. The molecule has 1 aliphatic rings. The van der Waals surface area contributed by atoms with E-state index in [-0.39, 0.29) is 0 Å². The maximum absolute atomic E-state index is 12.7. The van der Waals surface area contributed by atoms with Crippen molar-refractivity contribution < 1.29 is 33.3 Å². The Hall–Kier alpha value is -2.45. The van der Waals surface area contributed by atoms with E-state index in [1.165, 1.54) is 0 Å². The molecule has 0 radical (unpaired) electrons. The highest BCUT2D eigenvalue weighted by Gasteiger charge is 2.50. The van der Waals surface area contributed by atoms with Crippen LogP contribution in [0.15, 0.2) is 30.3 Å². The topological polar surface area (TPSA) is 91.4 Å². The number of ether oxygens (including phenoxy) is 4. The predicted molar refractivity (Wildman–Crippen MR) is 94.7 cm³/mol. The molecule has 148 valence electrons. The Kier molecular flexibility index (Phi) is 6.56. The quantitative estimate of drug-likeness (QED) is 0.440. The van der Waals surface area contributed by atoms with Gasteiger partial charge in [0.2, 0.25) is 0 Å². The molecule has 0 saturated carbocycles. The van der Waals surface area contributed by atoms with E-state index < -0.39 is 42.2 Å². The Morgan fingerprint density at radius 3 is 2.41 bits per heavy atom. The lowest BCUT2D eigenvalue weighted by molar-refractivity contribution is -0.199. The standard InChI is InChI=1S/C19H25NO7/c1-6-24-12(2)25-15-14(13-10-8-7-9-11-13)20(17(22)26-16(15)21)18(23)27-19(3,4)5/h7-12,14-15H,6H2,1-5H3/t12?,14-,15+/m0/s1. The van der Waals surface area contributed by atoms with E-state index in [0.29, 0.717) is 12.2 Å². The molecule has 0 spiro atoms. The number of hydrogen-bond acceptors (Lipinski definition) is 7. The van der Waals surface area contributed by atoms with Crippen molar-refractivity contribution in [1.82, 2.24) is 4.90 Å². The van der Waals surface area contributed by atoms with E-state index in [2.05, 4.69) is 0 Å². The molecule has 8 nitrogen and oxygen atoms in total. The van der Waals surface area contributed by atoms with Crippen LogP contribution in [0.4, 0.5) is 9.59 Å². The zero-order valence-corrected chi connectivity index (χ0v) is 16.1. The summed E-state index contributed by atoms with van der Waals surface area (Å²) in [5.41, 5.74) is -0.309. The van der Waals surface area contributed by atoms with Gasteiger partial charge in [-0.15, -0.1) is 0 Å². The van der Waals surface area contributed by atoms with Gasteiger partial charge in [-0.05, 0) is 40.2 Å². The van der Waals surface area contributed by atoms with E-state index in [0.717, 1.165) is 4.90 Å². The molecule has 1 fully saturated rings. The molecule has 1 aromatic rings. The highest BCUT2D eigenvalue weighted by molar-refractivity contribution is 5.98. The van der Waals surface area contributed by atoms with Crippen molar-refractivity contribution in [3.63, 3.8) is 0 Å². The maximum Gasteiger partial charge on any atom is 0.427 e. The summed E-state index contributed by atoms with van der Waals surface area (Å²) in [6.45, 7) is 8.79. The monoisotopic (exact) mass is 379 g/mol. The molecule has 1 unspecified atom stereocenters. The second-order valence-electron chi connectivity index (χ2n) is 6.97. The van der Waals surface area contributed by atoms with Crippen molar-refractivity contribution in [3.05, 3.63) is 35.9 Å². The molecule has 3 atom stereocenters. The number of carbonyl (C=O) groups is 3. The van der Waals surface area contributed by atoms with Gasteiger partial charge in [0.25, 0.3) is 0 Å². The number of imide groups is 1. The third kappa shape index (κ3) is 5.27. The van der Waals surface area contributed by atoms with Gasteiger partial charge in [0.15, 0.2) is 12.4 Å². The van der Waals surface area contributed by atoms with Crippen molar-refractivity contribution in [2.24, 2.45) is 0 Å². The number of amides is 2. The second-order valence-corrected chi connectivity index (χ2v) is 6.97. The molecule has 2 rings (SSSR count). The van der Waals surface area contributed by atoms with Crippen LogP contribution in [0.2, 0.25) is 0 Å². The van der Waals surface area contributed by atoms with Gasteiger partial charge < -0.3 is 18.9 Å². The molecule has 8 heteroatoms. The number of hydrogen-bond donors (Lipinski definition) is 0. The number of nitrogens with zero attached hydrogens (tertiary/aromatic N) is 1. The van der Waals surface area contributed by atoms with Crippen molar-refractivity contribution in [2.45, 2.75) is 58.7 Å². The van der Waals surface area contributed by atoms with E-state index in [1.807, 2.05) is 0 Å². The van der Waals surface area contributed by atoms with Crippen molar-refractivity contribution in [3.8, 4) is 0 Å². The fraction of sp³-hybridized carbons (Fsp3) is 0.526. The second kappa shape index (κ2) is 8.49. The molecule has 2 amide bonds. The van der Waals surface area contributed by atoms with Gasteiger partial charge in [-0.3, -0.25) is 0 Å². The van der Waals surface area contributed by atoms with Gasteiger partial charge in [0, 0.05) is 6.61 Å². The third-order valence-corrected chi connectivity index (χ3v) is 3.65. The lowest BCUT2D eigenvalue weighted by atomic mass is 9.99. The van der Waals surface area contributed by atoms with Crippen molar-refractivity contribution in [1.29, 1.82) is 0 Å². The minimum Gasteiger partial charge on any atom is -0.443 e. The SMILES string of the molecule is CCOC(C)O[C@H]1C(=O)OC(=O)N(C(=O)OC(C)(C)C)[C@H]1c1ccccc1. The Morgan fingerprint density at radius 2 is 1.85 bits per heavy atom. The van der Waals surface area contributed by atoms with Crippen LogP contribution < -0.4 is 0 Å². The third-order valence-electron chi connectivity index (χ3n) is 3.65. The van der Waals surface area contributed by atoms with E-state index in [1.54, 1.807) is 65.0 Å². The summed E-state index contributed by atoms with van der Waals surface area (Å²) in [5, 5.41) is 0. The minimum absolute atomic E-state index is 0.369. The van der Waals surface area contributed by atoms with Gasteiger partial charge in [-0.2, -0.15) is 0 Å². The fourth-order valence-electron chi connectivity index (χ4n) is 2.65. The first kappa shape index (κ1) is 20.9. The average Bonchev–Trinajstić information content (AvgIpc) is 2.56. The van der Waals surface area contributed by atoms with Crippen LogP contribution in [0.5, 0.6) is 0 Å². The Bertz CT molecular complexity index is 683. The highest BCUT2D eigenvalue weighted by atomic mass is 16.7. The van der Waals surface area contributed by atoms with E-state index in [9.17, 15) is 14.4 Å². The first-order chi connectivity index (χ1) is 12.6. The molecule has 1 heterocycles. The molecular formula is C19H25NO7. The minimum atomic E-state index is -1.25. The van der Waals surface area contributed by atoms with Crippen LogP contribution in [-0.4, -0.2) is 47.7 Å². The highest BCUT2D eigenvalue weighted by Crippen LogP contribution is 2.33. The normalized spacial score (nSPS) is 21.6. The zero-order valence-electron chi connectivity index (χ0n) is 16.1. The Balaban J connectivity index is 2.44. The number of cyclic esters (lactones) is 2. The summed E-state index contributed by atoms with van der Waals surface area (Å²) >= 11 is 0. The molecule has 0 N–H and O–H groups in total. The zero-order chi connectivity index (χ0) is 20.2. The van der Waals surface area contributed by atoms with Gasteiger partial charge in [0.1, 0.15) is 11.6 Å². The molecule has 0 aliphatic carbocycles. The molecule has 1 aliphatic heterocycles. The summed E-state index contributed by atoms with van der Waals surface area (Å²) in [4.78, 5) is 38.2. The molecule has 1 saturated heterocycles. The smallest absolute Gasteiger partial charge is 0.427 e.